The molecule has 4 aromatic rings. The molecule has 0 spiro atoms. The van der Waals surface area contributed by atoms with Gasteiger partial charge in [-0.1, -0.05) is 36.4 Å². The second-order valence-electron chi connectivity index (χ2n) is 8.76. The SMILES string of the molecule is CC(C)(O)c1ccccc1.CC(Cn1ncc2cc(-c3ccn[nH]3)ccc21)NC(=O)C(C)(F)F. The number of H-pyrrole nitrogens is 1. The van der Waals surface area contributed by atoms with E-state index in [4.69, 9.17) is 0 Å². The van der Waals surface area contributed by atoms with Crippen LogP contribution in [0, 0.1) is 0 Å². The maximum Gasteiger partial charge on any atom is 0.321 e. The maximum absolute atomic E-state index is 12.9. The van der Waals surface area contributed by atoms with E-state index in [0.717, 1.165) is 27.7 Å². The Morgan fingerprint density at radius 1 is 1.15 bits per heavy atom. The van der Waals surface area contributed by atoms with Crippen LogP contribution in [0.2, 0.25) is 0 Å². The molecule has 3 N–H and O–H groups in total. The van der Waals surface area contributed by atoms with Crippen LogP contribution in [0.5, 0.6) is 0 Å². The van der Waals surface area contributed by atoms with Crippen molar-refractivity contribution in [2.24, 2.45) is 0 Å². The highest BCUT2D eigenvalue weighted by Crippen LogP contribution is 2.23. The van der Waals surface area contributed by atoms with E-state index < -0.39 is 23.5 Å². The summed E-state index contributed by atoms with van der Waals surface area (Å²) in [6.45, 7) is 6.10. The minimum Gasteiger partial charge on any atom is -0.386 e. The molecule has 2 aromatic carbocycles. The summed E-state index contributed by atoms with van der Waals surface area (Å²) in [5, 5.41) is 23.8. The van der Waals surface area contributed by atoms with Gasteiger partial charge in [0, 0.05) is 30.1 Å². The summed E-state index contributed by atoms with van der Waals surface area (Å²) >= 11 is 0. The molecule has 1 unspecified atom stereocenters. The van der Waals surface area contributed by atoms with E-state index in [-0.39, 0.29) is 0 Å². The maximum atomic E-state index is 12.9. The number of benzene rings is 2. The molecule has 9 heteroatoms. The van der Waals surface area contributed by atoms with E-state index in [1.807, 2.05) is 54.6 Å². The van der Waals surface area contributed by atoms with Crippen molar-refractivity contribution in [3.05, 3.63) is 72.6 Å². The van der Waals surface area contributed by atoms with Gasteiger partial charge in [0.15, 0.2) is 0 Å². The molecule has 0 saturated heterocycles. The van der Waals surface area contributed by atoms with Crippen molar-refractivity contribution in [1.82, 2.24) is 25.3 Å². The third kappa shape index (κ3) is 6.48. The van der Waals surface area contributed by atoms with E-state index in [2.05, 4.69) is 20.6 Å². The summed E-state index contributed by atoms with van der Waals surface area (Å²) in [6.07, 6.45) is 3.38. The number of amides is 1. The van der Waals surface area contributed by atoms with E-state index in [0.29, 0.717) is 13.5 Å². The van der Waals surface area contributed by atoms with E-state index >= 15 is 0 Å². The number of carbonyl (C=O) groups is 1. The molecule has 0 bridgehead atoms. The zero-order valence-electron chi connectivity index (χ0n) is 19.6. The summed E-state index contributed by atoms with van der Waals surface area (Å²) < 4.78 is 27.6. The second kappa shape index (κ2) is 10.1. The normalized spacial score (nSPS) is 12.7. The highest BCUT2D eigenvalue weighted by atomic mass is 19.3. The molecule has 2 heterocycles. The van der Waals surface area contributed by atoms with Gasteiger partial charge in [-0.15, -0.1) is 0 Å². The van der Waals surface area contributed by atoms with Crippen molar-refractivity contribution in [1.29, 1.82) is 0 Å². The zero-order chi connectivity index (χ0) is 24.9. The molecule has 0 aliphatic carbocycles. The molecule has 0 saturated carbocycles. The van der Waals surface area contributed by atoms with E-state index in [1.165, 1.54) is 0 Å². The topological polar surface area (TPSA) is 95.8 Å². The first-order valence-electron chi connectivity index (χ1n) is 10.9. The molecule has 0 aliphatic heterocycles. The predicted molar refractivity (Wildman–Crippen MR) is 127 cm³/mol. The first kappa shape index (κ1) is 25.0. The molecule has 2 aromatic heterocycles. The Hall–Kier alpha value is -3.59. The van der Waals surface area contributed by atoms with Crippen LogP contribution in [-0.4, -0.2) is 43.0 Å². The summed E-state index contributed by atoms with van der Waals surface area (Å²) in [6, 6.07) is 16.8. The van der Waals surface area contributed by atoms with Crippen molar-refractivity contribution < 1.29 is 18.7 Å². The van der Waals surface area contributed by atoms with Gasteiger partial charge in [-0.05, 0) is 44.5 Å². The average molecular weight is 470 g/mol. The van der Waals surface area contributed by atoms with Crippen LogP contribution in [0.15, 0.2) is 67.0 Å². The smallest absolute Gasteiger partial charge is 0.321 e. The first-order valence-corrected chi connectivity index (χ1v) is 10.9. The lowest BCUT2D eigenvalue weighted by molar-refractivity contribution is -0.143. The number of nitrogens with zero attached hydrogens (tertiary/aromatic N) is 3. The fourth-order valence-electron chi connectivity index (χ4n) is 3.32. The lowest BCUT2D eigenvalue weighted by atomic mass is 9.99. The predicted octanol–water partition coefficient (Wildman–Crippen LogP) is 4.50. The number of carbonyl (C=O) groups excluding carboxylic acids is 1. The molecule has 0 radical (unpaired) electrons. The van der Waals surface area contributed by atoms with Crippen LogP contribution < -0.4 is 5.32 Å². The number of rotatable bonds is 6. The van der Waals surface area contributed by atoms with E-state index in [9.17, 15) is 18.7 Å². The van der Waals surface area contributed by atoms with Crippen LogP contribution in [0.4, 0.5) is 8.78 Å². The standard InChI is InChI=1S/C16H17F2N5O.C9H12O/c1-10(21-15(24)16(2,17)18)9-23-14-4-3-11(7-12(14)8-20-23)13-5-6-19-22-13;1-9(2,10)8-6-4-3-5-7-8/h3-8,10H,9H2,1-2H3,(H,19,22)(H,21,24);3-7,10H,1-2H3. The third-order valence-electron chi connectivity index (χ3n) is 5.16. The highest BCUT2D eigenvalue weighted by Gasteiger charge is 2.32. The lowest BCUT2D eigenvalue weighted by Gasteiger charge is -2.17. The van der Waals surface area contributed by atoms with Gasteiger partial charge in [-0.3, -0.25) is 14.6 Å². The molecular weight excluding hydrogens is 440 g/mol. The van der Waals surface area contributed by atoms with Gasteiger partial charge in [0.05, 0.1) is 29.6 Å². The minimum absolute atomic E-state index is 0.300. The van der Waals surface area contributed by atoms with Gasteiger partial charge in [0.25, 0.3) is 5.91 Å². The zero-order valence-corrected chi connectivity index (χ0v) is 19.6. The number of nitrogens with one attached hydrogen (secondary N) is 2. The van der Waals surface area contributed by atoms with Crippen molar-refractivity contribution in [3.8, 4) is 11.3 Å². The van der Waals surface area contributed by atoms with Gasteiger partial charge in [-0.25, -0.2) is 0 Å². The quantitative estimate of drug-likeness (QED) is 0.387. The highest BCUT2D eigenvalue weighted by molar-refractivity contribution is 5.84. The number of aromatic nitrogens is 4. The molecule has 1 atom stereocenters. The number of hydrogen-bond acceptors (Lipinski definition) is 4. The minimum atomic E-state index is -3.39. The van der Waals surface area contributed by atoms with Gasteiger partial charge < -0.3 is 10.4 Å². The third-order valence-corrected chi connectivity index (χ3v) is 5.16. The number of fused-ring (bicyclic) bond motifs is 1. The monoisotopic (exact) mass is 469 g/mol. The van der Waals surface area contributed by atoms with Gasteiger partial charge >= 0.3 is 5.92 Å². The van der Waals surface area contributed by atoms with Crippen LogP contribution in [0.3, 0.4) is 0 Å². The number of halogens is 2. The average Bonchev–Trinajstić information content (AvgIpc) is 3.44. The van der Waals surface area contributed by atoms with Crippen molar-refractivity contribution in [3.63, 3.8) is 0 Å². The van der Waals surface area contributed by atoms with Gasteiger partial charge in [0.2, 0.25) is 0 Å². The number of aliphatic hydroxyl groups is 1. The largest absolute Gasteiger partial charge is 0.386 e. The van der Waals surface area contributed by atoms with Crippen LogP contribution in [0.25, 0.3) is 22.2 Å². The van der Waals surface area contributed by atoms with Crippen LogP contribution >= 0.6 is 0 Å². The first-order chi connectivity index (χ1) is 15.9. The Morgan fingerprint density at radius 3 is 2.41 bits per heavy atom. The van der Waals surface area contributed by atoms with Gasteiger partial charge in [0.1, 0.15) is 0 Å². The number of alkyl halides is 2. The van der Waals surface area contributed by atoms with Crippen molar-refractivity contribution >= 4 is 16.8 Å². The summed E-state index contributed by atoms with van der Waals surface area (Å²) in [7, 11) is 0. The van der Waals surface area contributed by atoms with Gasteiger partial charge in [-0.2, -0.15) is 19.0 Å². The number of hydrogen-bond donors (Lipinski definition) is 3. The summed E-state index contributed by atoms with van der Waals surface area (Å²) in [5.74, 6) is -4.67. The summed E-state index contributed by atoms with van der Waals surface area (Å²) in [5.41, 5.74) is 2.99. The molecule has 0 aliphatic rings. The molecule has 0 fully saturated rings. The lowest BCUT2D eigenvalue weighted by Crippen LogP contribution is -2.44. The Bertz CT molecular complexity index is 1210. The molecule has 7 nitrogen and oxygen atoms in total. The van der Waals surface area contributed by atoms with E-state index in [1.54, 1.807) is 37.8 Å². The fraction of sp³-hybridized carbons (Fsp3) is 0.320. The molecule has 34 heavy (non-hydrogen) atoms. The molecule has 180 valence electrons. The van der Waals surface area contributed by atoms with Crippen LogP contribution in [0.1, 0.15) is 33.3 Å². The fourth-order valence-corrected chi connectivity index (χ4v) is 3.32. The molecular formula is C25H29F2N5O2. The summed E-state index contributed by atoms with van der Waals surface area (Å²) in [4.78, 5) is 11.3. The Labute approximate surface area is 196 Å². The van der Waals surface area contributed by atoms with Crippen molar-refractivity contribution in [2.45, 2.75) is 51.8 Å². The Kier molecular flexibility index (Phi) is 7.46. The Balaban J connectivity index is 0.000000271. The van der Waals surface area contributed by atoms with Crippen LogP contribution in [-0.2, 0) is 16.9 Å². The molecule has 4 rings (SSSR count). The van der Waals surface area contributed by atoms with Crippen molar-refractivity contribution in [2.75, 3.05) is 0 Å². The number of aromatic amines is 1. The molecule has 1 amide bonds. The second-order valence-corrected chi connectivity index (χ2v) is 8.76. The Morgan fingerprint density at radius 2 is 1.85 bits per heavy atom.